The third-order valence-corrected chi connectivity index (χ3v) is 4.29. The molecule has 0 bridgehead atoms. The molecule has 124 valence electrons. The molecule has 1 aromatic rings. The Balaban J connectivity index is 2.63. The van der Waals surface area contributed by atoms with Crippen LogP contribution in [0.25, 0.3) is 5.57 Å². The Hall–Kier alpha value is -1.65. The molecule has 1 heterocycles. The Morgan fingerprint density at radius 1 is 1.35 bits per heavy atom. The highest BCUT2D eigenvalue weighted by Gasteiger charge is 2.35. The summed E-state index contributed by atoms with van der Waals surface area (Å²) >= 11 is 5.87. The lowest BCUT2D eigenvalue weighted by atomic mass is 9.79. The minimum absolute atomic E-state index is 0.178. The number of hydrogen-bond acceptors (Lipinski definition) is 4. The largest absolute Gasteiger partial charge is 0.508 e. The molecule has 5 heteroatoms. The van der Waals surface area contributed by atoms with Crippen LogP contribution in [-0.2, 0) is 4.79 Å². The molecule has 0 aliphatic carbocycles. The van der Waals surface area contributed by atoms with E-state index in [1.807, 2.05) is 6.92 Å². The summed E-state index contributed by atoms with van der Waals surface area (Å²) in [7, 11) is 0. The van der Waals surface area contributed by atoms with Crippen LogP contribution >= 0.6 is 11.6 Å². The lowest BCUT2D eigenvalue weighted by Gasteiger charge is -2.31. The van der Waals surface area contributed by atoms with Gasteiger partial charge < -0.3 is 10.8 Å². The van der Waals surface area contributed by atoms with Crippen molar-refractivity contribution in [2.75, 3.05) is 6.54 Å². The molecule has 0 spiro atoms. The van der Waals surface area contributed by atoms with E-state index in [1.54, 1.807) is 24.3 Å². The lowest BCUT2D eigenvalue weighted by molar-refractivity contribution is -0.113. The second-order valence-corrected chi connectivity index (χ2v) is 6.71. The number of carbonyl (C=O) groups excluding carboxylic acids is 1. The monoisotopic (exact) mass is 334 g/mol. The van der Waals surface area contributed by atoms with Crippen molar-refractivity contribution < 1.29 is 9.90 Å². The van der Waals surface area contributed by atoms with Crippen LogP contribution in [-0.4, -0.2) is 28.6 Å². The first-order valence-electron chi connectivity index (χ1n) is 7.84. The minimum atomic E-state index is -0.518. The maximum absolute atomic E-state index is 12.0. The summed E-state index contributed by atoms with van der Waals surface area (Å²) in [5.41, 5.74) is 9.52. The number of benzene rings is 1. The van der Waals surface area contributed by atoms with Gasteiger partial charge in [0.25, 0.3) is 0 Å². The molecule has 23 heavy (non-hydrogen) atoms. The number of nitrogens with two attached hydrogens (primary N) is 1. The second kappa shape index (κ2) is 7.28. The first kappa shape index (κ1) is 17.7. The van der Waals surface area contributed by atoms with Gasteiger partial charge in [0, 0.05) is 12.3 Å². The Labute approximate surface area is 142 Å². The zero-order chi connectivity index (χ0) is 17.1. The van der Waals surface area contributed by atoms with Crippen LogP contribution in [0.15, 0.2) is 34.8 Å². The van der Waals surface area contributed by atoms with Gasteiger partial charge in [-0.15, -0.1) is 0 Å². The van der Waals surface area contributed by atoms with Crippen molar-refractivity contribution in [1.82, 2.24) is 0 Å². The zero-order valence-electron chi connectivity index (χ0n) is 13.7. The van der Waals surface area contributed by atoms with E-state index in [2.05, 4.69) is 13.8 Å². The first-order valence-corrected chi connectivity index (χ1v) is 8.21. The molecule has 0 fully saturated rings. The van der Waals surface area contributed by atoms with Gasteiger partial charge in [-0.2, -0.15) is 0 Å². The van der Waals surface area contributed by atoms with E-state index in [0.29, 0.717) is 12.5 Å². The number of rotatable bonds is 5. The topological polar surface area (TPSA) is 75.7 Å². The van der Waals surface area contributed by atoms with E-state index < -0.39 is 11.2 Å². The normalized spacial score (nSPS) is 21.6. The first-order chi connectivity index (χ1) is 10.8. The molecule has 1 aliphatic heterocycles. The van der Waals surface area contributed by atoms with Crippen molar-refractivity contribution in [1.29, 1.82) is 0 Å². The fourth-order valence-corrected chi connectivity index (χ4v) is 3.36. The molecule has 0 amide bonds. The van der Waals surface area contributed by atoms with Gasteiger partial charge in [0.05, 0.1) is 12.0 Å². The molecule has 2 atom stereocenters. The van der Waals surface area contributed by atoms with Gasteiger partial charge in [0.1, 0.15) is 5.75 Å². The van der Waals surface area contributed by atoms with Crippen molar-refractivity contribution in [3.05, 3.63) is 35.4 Å². The van der Waals surface area contributed by atoms with E-state index in [9.17, 15) is 9.90 Å². The van der Waals surface area contributed by atoms with Crippen LogP contribution < -0.4 is 5.73 Å². The molecule has 4 nitrogen and oxygen atoms in total. The summed E-state index contributed by atoms with van der Waals surface area (Å²) in [6.07, 6.45) is 0.807. The fraction of sp³-hybridized carbons (Fsp3) is 0.444. The van der Waals surface area contributed by atoms with Gasteiger partial charge in [-0.25, -0.2) is 0 Å². The summed E-state index contributed by atoms with van der Waals surface area (Å²) in [4.78, 5) is 16.7. The smallest absolute Gasteiger partial charge is 0.231 e. The predicted molar refractivity (Wildman–Crippen MR) is 94.8 cm³/mol. The number of aromatic hydroxyl groups is 1. The molecule has 2 unspecified atom stereocenters. The fourth-order valence-electron chi connectivity index (χ4n) is 3.07. The molecule has 1 aliphatic rings. The molecular weight excluding hydrogens is 312 g/mol. The van der Waals surface area contributed by atoms with E-state index in [4.69, 9.17) is 22.3 Å². The second-order valence-electron chi connectivity index (χ2n) is 6.34. The highest BCUT2D eigenvalue weighted by molar-refractivity contribution is 6.65. The third-order valence-electron chi connectivity index (χ3n) is 4.05. The van der Waals surface area contributed by atoms with E-state index in [1.165, 1.54) is 0 Å². The van der Waals surface area contributed by atoms with Gasteiger partial charge >= 0.3 is 0 Å². The molecule has 2 rings (SSSR count). The number of halogens is 1. The predicted octanol–water partition coefficient (Wildman–Crippen LogP) is 3.38. The molecule has 1 aromatic carbocycles. The van der Waals surface area contributed by atoms with Gasteiger partial charge in [-0.3, -0.25) is 9.79 Å². The number of dihydropyridines is 1. The van der Waals surface area contributed by atoms with E-state index >= 15 is 0 Å². The molecule has 0 saturated heterocycles. The van der Waals surface area contributed by atoms with E-state index in [-0.39, 0.29) is 11.8 Å². The molecule has 0 aromatic heterocycles. The summed E-state index contributed by atoms with van der Waals surface area (Å²) in [5, 5.41) is 9.09. The van der Waals surface area contributed by atoms with Crippen molar-refractivity contribution in [3.63, 3.8) is 0 Å². The average molecular weight is 335 g/mol. The van der Waals surface area contributed by atoms with Gasteiger partial charge in [-0.05, 0) is 59.7 Å². The third kappa shape index (κ3) is 3.82. The van der Waals surface area contributed by atoms with Gasteiger partial charge in [-0.1, -0.05) is 26.0 Å². The van der Waals surface area contributed by atoms with Crippen LogP contribution in [0.4, 0.5) is 0 Å². The molecular formula is C18H23ClN2O2. The van der Waals surface area contributed by atoms with Crippen LogP contribution in [0.2, 0.25) is 0 Å². The molecule has 0 radical (unpaired) electrons. The summed E-state index contributed by atoms with van der Waals surface area (Å²) in [6.45, 7) is 6.45. The lowest BCUT2D eigenvalue weighted by Crippen LogP contribution is -2.33. The SMILES string of the molecule is CC(C)CC1=NC(C)C(C(=O)Cl)C(c2ccc(O)cc2)=C1CN. The number of phenolic OH excluding ortho intramolecular Hbond substituents is 1. The number of nitrogens with zero attached hydrogens (tertiary/aromatic N) is 1. The van der Waals surface area contributed by atoms with Crippen molar-refractivity contribution in [2.24, 2.45) is 22.6 Å². The maximum Gasteiger partial charge on any atom is 0.231 e. The minimum Gasteiger partial charge on any atom is -0.508 e. The quantitative estimate of drug-likeness (QED) is 0.810. The van der Waals surface area contributed by atoms with Crippen molar-refractivity contribution in [3.8, 4) is 5.75 Å². The zero-order valence-corrected chi connectivity index (χ0v) is 14.5. The maximum atomic E-state index is 12.0. The number of aliphatic imine (C=N–C) groups is 1. The highest BCUT2D eigenvalue weighted by Crippen LogP contribution is 2.37. The summed E-state index contributed by atoms with van der Waals surface area (Å²) in [6, 6.07) is 6.55. The van der Waals surface area contributed by atoms with Gasteiger partial charge in [0.2, 0.25) is 5.24 Å². The average Bonchev–Trinajstić information content (AvgIpc) is 2.46. The molecule has 3 N–H and O–H groups in total. The van der Waals surface area contributed by atoms with E-state index in [0.717, 1.165) is 28.8 Å². The number of phenols is 1. The van der Waals surface area contributed by atoms with Crippen LogP contribution in [0.3, 0.4) is 0 Å². The Morgan fingerprint density at radius 3 is 2.43 bits per heavy atom. The number of carbonyl (C=O) groups is 1. The summed E-state index contributed by atoms with van der Waals surface area (Å²) < 4.78 is 0. The van der Waals surface area contributed by atoms with Crippen LogP contribution in [0.5, 0.6) is 5.75 Å². The van der Waals surface area contributed by atoms with Crippen LogP contribution in [0, 0.1) is 11.8 Å². The Morgan fingerprint density at radius 2 is 1.96 bits per heavy atom. The number of hydrogen-bond donors (Lipinski definition) is 2. The van der Waals surface area contributed by atoms with Crippen molar-refractivity contribution >= 4 is 28.1 Å². The Kier molecular flexibility index (Phi) is 5.60. The summed E-state index contributed by atoms with van der Waals surface area (Å²) in [5.74, 6) is 0.0971. The standard InChI is InChI=1S/C18H23ClN2O2/c1-10(2)8-15-14(9-20)17(12-4-6-13(22)7-5-12)16(18(19)23)11(3)21-15/h4-7,10-11,16,22H,8-9,20H2,1-3H3. The molecule has 0 saturated carbocycles. The Bertz CT molecular complexity index is 647. The van der Waals surface area contributed by atoms with Crippen molar-refractivity contribution in [2.45, 2.75) is 33.2 Å². The highest BCUT2D eigenvalue weighted by atomic mass is 35.5. The van der Waals surface area contributed by atoms with Gasteiger partial charge in [0.15, 0.2) is 0 Å². The van der Waals surface area contributed by atoms with Crippen LogP contribution in [0.1, 0.15) is 32.8 Å².